The fourth-order valence-electron chi connectivity index (χ4n) is 3.52. The molecule has 1 fully saturated rings. The summed E-state index contributed by atoms with van der Waals surface area (Å²) >= 11 is 0. The molecule has 0 unspecified atom stereocenters. The first-order chi connectivity index (χ1) is 13.0. The smallest absolute Gasteiger partial charge is 0.229 e. The molecule has 0 bridgehead atoms. The lowest BCUT2D eigenvalue weighted by Gasteiger charge is -2.27. The quantitative estimate of drug-likeness (QED) is 0.811. The molecule has 144 valence electrons. The van der Waals surface area contributed by atoms with Gasteiger partial charge in [0, 0.05) is 36.9 Å². The Morgan fingerprint density at radius 3 is 2.63 bits per heavy atom. The van der Waals surface area contributed by atoms with E-state index in [1.165, 1.54) is 0 Å². The van der Waals surface area contributed by atoms with Crippen molar-refractivity contribution in [2.24, 2.45) is 5.92 Å². The Kier molecular flexibility index (Phi) is 5.84. The van der Waals surface area contributed by atoms with Crippen LogP contribution in [-0.4, -0.2) is 35.8 Å². The maximum atomic E-state index is 12.6. The fraction of sp³-hybridized carbons (Fsp3) is 0.429. The molecule has 2 aromatic rings. The van der Waals surface area contributed by atoms with E-state index in [0.29, 0.717) is 19.1 Å². The SMILES string of the molecule is CCN(c1ccc(NC(=O)[C@@H]2CC(=O)N(Cc3ccco3)C2)cc1)C(C)C. The van der Waals surface area contributed by atoms with E-state index in [1.54, 1.807) is 17.2 Å². The molecule has 1 N–H and O–H groups in total. The van der Waals surface area contributed by atoms with Crippen LogP contribution in [0.2, 0.25) is 0 Å². The number of hydrogen-bond acceptors (Lipinski definition) is 4. The summed E-state index contributed by atoms with van der Waals surface area (Å²) < 4.78 is 5.29. The van der Waals surface area contributed by atoms with Crippen LogP contribution in [0.25, 0.3) is 0 Å². The van der Waals surface area contributed by atoms with Crippen LogP contribution in [0.5, 0.6) is 0 Å². The molecule has 2 heterocycles. The molecule has 0 spiro atoms. The summed E-state index contributed by atoms with van der Waals surface area (Å²) in [4.78, 5) is 28.7. The maximum absolute atomic E-state index is 12.6. The van der Waals surface area contributed by atoms with Gasteiger partial charge in [-0.3, -0.25) is 9.59 Å². The predicted octanol–water partition coefficient (Wildman–Crippen LogP) is 3.50. The van der Waals surface area contributed by atoms with Crippen LogP contribution in [-0.2, 0) is 16.1 Å². The third kappa shape index (κ3) is 4.51. The highest BCUT2D eigenvalue weighted by molar-refractivity contribution is 5.97. The lowest BCUT2D eigenvalue weighted by atomic mass is 10.1. The highest BCUT2D eigenvalue weighted by atomic mass is 16.3. The molecule has 2 amide bonds. The molecule has 6 heteroatoms. The van der Waals surface area contributed by atoms with Crippen molar-refractivity contribution in [1.82, 2.24) is 4.90 Å². The summed E-state index contributed by atoms with van der Waals surface area (Å²) in [6.07, 6.45) is 1.82. The van der Waals surface area contributed by atoms with Crippen molar-refractivity contribution in [2.75, 3.05) is 23.3 Å². The van der Waals surface area contributed by atoms with E-state index in [9.17, 15) is 9.59 Å². The van der Waals surface area contributed by atoms with Crippen LogP contribution < -0.4 is 10.2 Å². The average molecular weight is 369 g/mol. The van der Waals surface area contributed by atoms with E-state index >= 15 is 0 Å². The van der Waals surface area contributed by atoms with E-state index in [4.69, 9.17) is 4.42 Å². The summed E-state index contributed by atoms with van der Waals surface area (Å²) in [5.74, 6) is 0.257. The Hall–Kier alpha value is -2.76. The van der Waals surface area contributed by atoms with Crippen molar-refractivity contribution in [3.8, 4) is 0 Å². The number of rotatable bonds is 7. The first-order valence-electron chi connectivity index (χ1n) is 9.45. The lowest BCUT2D eigenvalue weighted by Crippen LogP contribution is -2.30. The molecular weight excluding hydrogens is 342 g/mol. The highest BCUT2D eigenvalue weighted by Gasteiger charge is 2.34. The fourth-order valence-corrected chi connectivity index (χ4v) is 3.52. The minimum atomic E-state index is -0.338. The zero-order valence-corrected chi connectivity index (χ0v) is 16.1. The largest absolute Gasteiger partial charge is 0.467 e. The minimum Gasteiger partial charge on any atom is -0.467 e. The molecule has 6 nitrogen and oxygen atoms in total. The Labute approximate surface area is 160 Å². The summed E-state index contributed by atoms with van der Waals surface area (Å²) in [6.45, 7) is 8.20. The zero-order chi connectivity index (χ0) is 19.4. The highest BCUT2D eigenvalue weighted by Crippen LogP contribution is 2.24. The third-order valence-corrected chi connectivity index (χ3v) is 4.94. The van der Waals surface area contributed by atoms with Gasteiger partial charge in [0.25, 0.3) is 0 Å². The van der Waals surface area contributed by atoms with Crippen LogP contribution >= 0.6 is 0 Å². The number of amides is 2. The maximum Gasteiger partial charge on any atom is 0.229 e. The number of anilines is 2. The molecule has 1 atom stereocenters. The number of likely N-dealkylation sites (tertiary alicyclic amines) is 1. The van der Waals surface area contributed by atoms with E-state index < -0.39 is 0 Å². The molecule has 0 radical (unpaired) electrons. The molecular formula is C21H27N3O3. The molecule has 3 rings (SSSR count). The summed E-state index contributed by atoms with van der Waals surface area (Å²) in [5.41, 5.74) is 1.88. The Bertz CT molecular complexity index is 768. The van der Waals surface area contributed by atoms with Crippen molar-refractivity contribution in [3.05, 3.63) is 48.4 Å². The molecule has 1 aromatic heterocycles. The van der Waals surface area contributed by atoms with Crippen molar-refractivity contribution >= 4 is 23.2 Å². The van der Waals surface area contributed by atoms with Crippen LogP contribution in [0.15, 0.2) is 47.1 Å². The van der Waals surface area contributed by atoms with Crippen molar-refractivity contribution in [1.29, 1.82) is 0 Å². The molecule has 1 aliphatic heterocycles. The molecule has 0 aliphatic carbocycles. The van der Waals surface area contributed by atoms with Gasteiger partial charge in [0.05, 0.1) is 18.7 Å². The monoisotopic (exact) mass is 369 g/mol. The van der Waals surface area contributed by atoms with Gasteiger partial charge in [0.1, 0.15) is 5.76 Å². The van der Waals surface area contributed by atoms with Crippen LogP contribution in [0.3, 0.4) is 0 Å². The molecule has 1 aromatic carbocycles. The first kappa shape index (κ1) is 19.0. The number of carbonyl (C=O) groups is 2. The van der Waals surface area contributed by atoms with Gasteiger partial charge in [-0.05, 0) is 57.2 Å². The van der Waals surface area contributed by atoms with Gasteiger partial charge in [0.2, 0.25) is 11.8 Å². The van der Waals surface area contributed by atoms with Gasteiger partial charge >= 0.3 is 0 Å². The molecule has 0 saturated carbocycles. The first-order valence-corrected chi connectivity index (χ1v) is 9.45. The second-order valence-corrected chi connectivity index (χ2v) is 7.17. The second kappa shape index (κ2) is 8.29. The van der Waals surface area contributed by atoms with Crippen LogP contribution in [0.4, 0.5) is 11.4 Å². The Balaban J connectivity index is 1.58. The van der Waals surface area contributed by atoms with E-state index in [2.05, 4.69) is 31.0 Å². The normalized spacial score (nSPS) is 16.8. The van der Waals surface area contributed by atoms with Crippen molar-refractivity contribution < 1.29 is 14.0 Å². The van der Waals surface area contributed by atoms with Gasteiger partial charge in [0.15, 0.2) is 0 Å². The lowest BCUT2D eigenvalue weighted by molar-refractivity contribution is -0.128. The predicted molar refractivity (Wildman–Crippen MR) is 105 cm³/mol. The topological polar surface area (TPSA) is 65.8 Å². The van der Waals surface area contributed by atoms with Gasteiger partial charge in [-0.25, -0.2) is 0 Å². The number of carbonyl (C=O) groups excluding carboxylic acids is 2. The Morgan fingerprint density at radius 2 is 2.04 bits per heavy atom. The summed E-state index contributed by atoms with van der Waals surface area (Å²) in [6, 6.07) is 11.9. The van der Waals surface area contributed by atoms with Crippen LogP contribution in [0, 0.1) is 5.92 Å². The molecule has 1 aliphatic rings. The van der Waals surface area contributed by atoms with Crippen molar-refractivity contribution in [3.63, 3.8) is 0 Å². The molecule has 1 saturated heterocycles. The second-order valence-electron chi connectivity index (χ2n) is 7.17. The summed E-state index contributed by atoms with van der Waals surface area (Å²) in [5, 5.41) is 2.94. The van der Waals surface area contributed by atoms with Gasteiger partial charge < -0.3 is 19.5 Å². The number of furan rings is 1. The van der Waals surface area contributed by atoms with E-state index in [1.807, 2.05) is 30.3 Å². The number of nitrogens with one attached hydrogen (secondary N) is 1. The zero-order valence-electron chi connectivity index (χ0n) is 16.1. The minimum absolute atomic E-state index is 0.0163. The number of benzene rings is 1. The molecule has 27 heavy (non-hydrogen) atoms. The standard InChI is InChI=1S/C21H27N3O3/c1-4-24(15(2)3)18-9-7-17(8-10-18)22-21(26)16-12-20(25)23(13-16)14-19-6-5-11-27-19/h5-11,15-16H,4,12-14H2,1-3H3,(H,22,26)/t16-/m1/s1. The van der Waals surface area contributed by atoms with Gasteiger partial charge in [-0.1, -0.05) is 0 Å². The van der Waals surface area contributed by atoms with Gasteiger partial charge in [-0.15, -0.1) is 0 Å². The van der Waals surface area contributed by atoms with Gasteiger partial charge in [-0.2, -0.15) is 0 Å². The van der Waals surface area contributed by atoms with E-state index in [0.717, 1.165) is 23.7 Å². The number of nitrogens with zero attached hydrogens (tertiary/aromatic N) is 2. The van der Waals surface area contributed by atoms with Crippen LogP contribution in [0.1, 0.15) is 33.0 Å². The summed E-state index contributed by atoms with van der Waals surface area (Å²) in [7, 11) is 0. The number of hydrogen-bond donors (Lipinski definition) is 1. The van der Waals surface area contributed by atoms with E-state index in [-0.39, 0.29) is 24.2 Å². The average Bonchev–Trinajstić information content (AvgIpc) is 3.27. The van der Waals surface area contributed by atoms with Crippen molar-refractivity contribution in [2.45, 2.75) is 39.8 Å². The third-order valence-electron chi connectivity index (χ3n) is 4.94. The Morgan fingerprint density at radius 1 is 1.30 bits per heavy atom.